The fraction of sp³-hybridized carbons (Fsp3) is 0.226. The van der Waals surface area contributed by atoms with Gasteiger partial charge in [-0.2, -0.15) is 0 Å². The minimum atomic E-state index is -1.15. The Kier molecular flexibility index (Phi) is 7.11. The standard InChI is InChI=1S/C31H29ClN2O4/c1-31(2,21-12-6-4-7-13-21)22-18-19-27(37-3)25(20-22)28-29(34(35)36)30(24-16-10-11-17-26(24)32)38-33(28)23-14-8-5-9-15-23/h4-20,28-30H,1-3H3/t28-,29-,30+/m1/s1. The second-order valence-electron chi connectivity index (χ2n) is 9.88. The maximum absolute atomic E-state index is 12.8. The summed E-state index contributed by atoms with van der Waals surface area (Å²) in [6.07, 6.45) is -0.903. The van der Waals surface area contributed by atoms with Gasteiger partial charge < -0.3 is 4.74 Å². The van der Waals surface area contributed by atoms with Crippen LogP contribution in [-0.2, 0) is 10.3 Å². The molecule has 38 heavy (non-hydrogen) atoms. The quantitative estimate of drug-likeness (QED) is 0.183. The number of nitro groups is 1. The number of hydroxylamine groups is 1. The van der Waals surface area contributed by atoms with E-state index < -0.39 is 18.2 Å². The van der Waals surface area contributed by atoms with Crippen molar-refractivity contribution in [2.45, 2.75) is 37.5 Å². The Hall–Kier alpha value is -3.87. The van der Waals surface area contributed by atoms with Crippen LogP contribution in [0, 0.1) is 10.1 Å². The molecule has 0 spiro atoms. The number of halogens is 1. The van der Waals surface area contributed by atoms with Crippen molar-refractivity contribution in [2.75, 3.05) is 12.2 Å². The van der Waals surface area contributed by atoms with Gasteiger partial charge in [-0.25, -0.2) is 5.06 Å². The highest BCUT2D eigenvalue weighted by Gasteiger charge is 2.54. The highest BCUT2D eigenvalue weighted by atomic mass is 35.5. The zero-order valence-corrected chi connectivity index (χ0v) is 22.2. The average molecular weight is 529 g/mol. The number of hydrogen-bond donors (Lipinski definition) is 0. The number of nitrogens with zero attached hydrogens (tertiary/aromatic N) is 2. The van der Waals surface area contributed by atoms with Crippen molar-refractivity contribution in [3.05, 3.63) is 141 Å². The molecule has 0 radical (unpaired) electrons. The third-order valence-corrected chi connectivity index (χ3v) is 7.69. The number of para-hydroxylation sites is 1. The minimum absolute atomic E-state index is 0.268. The van der Waals surface area contributed by atoms with Gasteiger partial charge in [0.05, 0.1) is 12.8 Å². The lowest BCUT2D eigenvalue weighted by molar-refractivity contribution is -0.531. The predicted octanol–water partition coefficient (Wildman–Crippen LogP) is 7.55. The monoisotopic (exact) mass is 528 g/mol. The molecule has 7 heteroatoms. The smallest absolute Gasteiger partial charge is 0.272 e. The Morgan fingerprint density at radius 2 is 1.50 bits per heavy atom. The van der Waals surface area contributed by atoms with Crippen molar-refractivity contribution in [3.8, 4) is 5.75 Å². The van der Waals surface area contributed by atoms with E-state index in [1.165, 1.54) is 0 Å². The van der Waals surface area contributed by atoms with Gasteiger partial charge >= 0.3 is 0 Å². The molecule has 0 aliphatic carbocycles. The van der Waals surface area contributed by atoms with E-state index in [0.29, 0.717) is 27.6 Å². The molecule has 1 saturated heterocycles. The molecule has 0 bridgehead atoms. The van der Waals surface area contributed by atoms with Gasteiger partial charge in [0.25, 0.3) is 6.04 Å². The Bertz CT molecular complexity index is 1430. The van der Waals surface area contributed by atoms with Crippen molar-refractivity contribution >= 4 is 17.3 Å². The van der Waals surface area contributed by atoms with Crippen LogP contribution in [0.25, 0.3) is 0 Å². The van der Waals surface area contributed by atoms with Crippen molar-refractivity contribution in [3.63, 3.8) is 0 Å². The first-order valence-corrected chi connectivity index (χ1v) is 12.8. The van der Waals surface area contributed by atoms with Gasteiger partial charge in [0.2, 0.25) is 0 Å². The van der Waals surface area contributed by atoms with Gasteiger partial charge in [-0.05, 0) is 41.5 Å². The Morgan fingerprint density at radius 3 is 2.13 bits per heavy atom. The Balaban J connectivity index is 1.70. The molecule has 6 nitrogen and oxygen atoms in total. The second-order valence-corrected chi connectivity index (χ2v) is 10.3. The van der Waals surface area contributed by atoms with E-state index in [4.69, 9.17) is 21.2 Å². The molecule has 0 saturated carbocycles. The molecule has 0 amide bonds. The molecule has 1 aliphatic heterocycles. The van der Waals surface area contributed by atoms with Crippen molar-refractivity contribution in [2.24, 2.45) is 0 Å². The molecule has 0 aromatic heterocycles. The summed E-state index contributed by atoms with van der Waals surface area (Å²) in [7, 11) is 1.58. The lowest BCUT2D eigenvalue weighted by atomic mass is 9.77. The molecule has 3 atom stereocenters. The van der Waals surface area contributed by atoms with E-state index in [-0.39, 0.29) is 10.3 Å². The van der Waals surface area contributed by atoms with Crippen LogP contribution in [0.3, 0.4) is 0 Å². The van der Waals surface area contributed by atoms with Crippen LogP contribution >= 0.6 is 11.6 Å². The van der Waals surface area contributed by atoms with Crippen LogP contribution in [0.15, 0.2) is 103 Å². The summed E-state index contributed by atoms with van der Waals surface area (Å²) in [6, 6.07) is 30.7. The van der Waals surface area contributed by atoms with E-state index in [0.717, 1.165) is 11.1 Å². The van der Waals surface area contributed by atoms with Gasteiger partial charge in [0.1, 0.15) is 5.75 Å². The molecule has 1 fully saturated rings. The van der Waals surface area contributed by atoms with Crippen LogP contribution in [-0.4, -0.2) is 18.1 Å². The third kappa shape index (κ3) is 4.62. The molecule has 194 valence electrons. The largest absolute Gasteiger partial charge is 0.496 e. The third-order valence-electron chi connectivity index (χ3n) is 7.34. The van der Waals surface area contributed by atoms with Gasteiger partial charge in [-0.1, -0.05) is 98.2 Å². The van der Waals surface area contributed by atoms with E-state index >= 15 is 0 Å². The first kappa shape index (κ1) is 25.8. The summed E-state index contributed by atoms with van der Waals surface area (Å²) in [5, 5.41) is 14.8. The SMILES string of the molecule is COc1ccc(C(C)(C)c2ccccc2)cc1[C@@H]1[C@@H]([N+](=O)[O-])[C@H](c2ccccc2Cl)ON1c1ccccc1. The number of benzene rings is 4. The number of rotatable bonds is 7. The van der Waals surface area contributed by atoms with Crippen LogP contribution in [0.1, 0.15) is 48.2 Å². The van der Waals surface area contributed by atoms with Gasteiger partial charge in [0, 0.05) is 26.5 Å². The highest BCUT2D eigenvalue weighted by Crippen LogP contribution is 2.50. The molecular weight excluding hydrogens is 500 g/mol. The average Bonchev–Trinajstić information content (AvgIpc) is 3.34. The van der Waals surface area contributed by atoms with Crippen LogP contribution in [0.5, 0.6) is 5.75 Å². The van der Waals surface area contributed by atoms with Crippen molar-refractivity contribution in [1.29, 1.82) is 0 Å². The van der Waals surface area contributed by atoms with E-state index in [1.807, 2.05) is 72.8 Å². The maximum atomic E-state index is 12.8. The van der Waals surface area contributed by atoms with E-state index in [1.54, 1.807) is 30.4 Å². The van der Waals surface area contributed by atoms with Gasteiger partial charge in [-0.15, -0.1) is 0 Å². The zero-order valence-electron chi connectivity index (χ0n) is 21.5. The summed E-state index contributed by atoms with van der Waals surface area (Å²) in [5.41, 5.74) is 3.74. The lowest BCUT2D eigenvalue weighted by Crippen LogP contribution is -2.33. The van der Waals surface area contributed by atoms with Gasteiger partial charge in [0.15, 0.2) is 12.1 Å². The van der Waals surface area contributed by atoms with E-state index in [9.17, 15) is 10.1 Å². The highest BCUT2D eigenvalue weighted by molar-refractivity contribution is 6.31. The maximum Gasteiger partial charge on any atom is 0.272 e. The second kappa shape index (κ2) is 10.5. The molecule has 4 aromatic carbocycles. The van der Waals surface area contributed by atoms with Crippen molar-refractivity contribution in [1.82, 2.24) is 0 Å². The molecule has 0 N–H and O–H groups in total. The number of hydrogen-bond acceptors (Lipinski definition) is 5. The molecule has 0 unspecified atom stereocenters. The molecule has 1 aliphatic rings. The number of methoxy groups -OCH3 is 1. The molecular formula is C31H29ClN2O4. The normalized spacial score (nSPS) is 19.4. The topological polar surface area (TPSA) is 64.8 Å². The van der Waals surface area contributed by atoms with E-state index in [2.05, 4.69) is 26.0 Å². The summed E-state index contributed by atoms with van der Waals surface area (Å²) in [5.74, 6) is 0.554. The summed E-state index contributed by atoms with van der Waals surface area (Å²) < 4.78 is 5.78. The fourth-order valence-corrected chi connectivity index (χ4v) is 5.45. The zero-order chi connectivity index (χ0) is 26.9. The first-order chi connectivity index (χ1) is 18.3. The van der Waals surface area contributed by atoms with Crippen LogP contribution < -0.4 is 9.80 Å². The molecule has 5 rings (SSSR count). The van der Waals surface area contributed by atoms with Gasteiger partial charge in [-0.3, -0.25) is 15.0 Å². The Morgan fingerprint density at radius 1 is 0.868 bits per heavy atom. The summed E-state index contributed by atoms with van der Waals surface area (Å²) in [6.45, 7) is 4.29. The minimum Gasteiger partial charge on any atom is -0.496 e. The Labute approximate surface area is 227 Å². The number of anilines is 1. The lowest BCUT2D eigenvalue weighted by Gasteiger charge is -2.30. The molecule has 4 aromatic rings. The van der Waals surface area contributed by atoms with Crippen LogP contribution in [0.4, 0.5) is 5.69 Å². The van der Waals surface area contributed by atoms with Crippen molar-refractivity contribution < 1.29 is 14.5 Å². The summed E-state index contributed by atoms with van der Waals surface area (Å²) in [4.78, 5) is 18.9. The number of ether oxygens (including phenoxy) is 1. The summed E-state index contributed by atoms with van der Waals surface area (Å²) >= 11 is 6.53. The molecule has 1 heterocycles. The fourth-order valence-electron chi connectivity index (χ4n) is 5.21. The predicted molar refractivity (Wildman–Crippen MR) is 149 cm³/mol. The first-order valence-electron chi connectivity index (χ1n) is 12.5. The van der Waals surface area contributed by atoms with Crippen LogP contribution in [0.2, 0.25) is 5.02 Å².